The van der Waals surface area contributed by atoms with E-state index < -0.39 is 6.10 Å². The fourth-order valence-electron chi connectivity index (χ4n) is 3.18. The second-order valence-electron chi connectivity index (χ2n) is 8.47. The van der Waals surface area contributed by atoms with Crippen LogP contribution in [-0.4, -0.2) is 31.3 Å². The molecule has 1 aliphatic rings. The van der Waals surface area contributed by atoms with E-state index >= 15 is 0 Å². The Hall–Kier alpha value is -2.53. The highest BCUT2D eigenvalue weighted by molar-refractivity contribution is 5.95. The van der Waals surface area contributed by atoms with Crippen LogP contribution in [0.3, 0.4) is 0 Å². The van der Waals surface area contributed by atoms with E-state index in [9.17, 15) is 4.79 Å². The lowest BCUT2D eigenvalue weighted by Gasteiger charge is -2.20. The zero-order valence-electron chi connectivity index (χ0n) is 17.7. The number of anilines is 1. The van der Waals surface area contributed by atoms with E-state index in [-0.39, 0.29) is 17.4 Å². The first-order valence-corrected chi connectivity index (χ1v) is 10.2. The van der Waals surface area contributed by atoms with Crippen LogP contribution in [-0.2, 0) is 14.9 Å². The number of ether oxygens (including phenoxy) is 3. The van der Waals surface area contributed by atoms with Crippen LogP contribution in [0.15, 0.2) is 48.5 Å². The van der Waals surface area contributed by atoms with Crippen LogP contribution in [0, 0.1) is 0 Å². The van der Waals surface area contributed by atoms with Gasteiger partial charge in [-0.3, -0.25) is 4.79 Å². The van der Waals surface area contributed by atoms with Gasteiger partial charge in [0, 0.05) is 6.61 Å². The molecule has 0 bridgehead atoms. The molecule has 1 heterocycles. The predicted octanol–water partition coefficient (Wildman–Crippen LogP) is 4.95. The molecule has 3 rings (SSSR count). The van der Waals surface area contributed by atoms with Crippen LogP contribution in [0.4, 0.5) is 5.69 Å². The van der Waals surface area contributed by atoms with E-state index in [1.807, 2.05) is 48.5 Å². The lowest BCUT2D eigenvalue weighted by molar-refractivity contribution is -0.122. The summed E-state index contributed by atoms with van der Waals surface area (Å²) in [7, 11) is 0. The summed E-state index contributed by atoms with van der Waals surface area (Å²) in [6.07, 6.45) is 1.56. The Balaban J connectivity index is 1.58. The first-order chi connectivity index (χ1) is 13.8. The molecule has 1 saturated heterocycles. The zero-order valence-corrected chi connectivity index (χ0v) is 17.7. The molecule has 156 valence electrons. The van der Waals surface area contributed by atoms with Crippen molar-refractivity contribution in [3.05, 3.63) is 54.1 Å². The fourth-order valence-corrected chi connectivity index (χ4v) is 3.18. The number of benzene rings is 2. The summed E-state index contributed by atoms with van der Waals surface area (Å²) in [4.78, 5) is 12.6. The molecule has 1 aliphatic heterocycles. The summed E-state index contributed by atoms with van der Waals surface area (Å²) in [5.41, 5.74) is 1.93. The zero-order chi connectivity index (χ0) is 20.9. The summed E-state index contributed by atoms with van der Waals surface area (Å²) in [5, 5.41) is 2.91. The second kappa shape index (κ2) is 9.31. The second-order valence-corrected chi connectivity index (χ2v) is 8.47. The minimum atomic E-state index is -0.637. The van der Waals surface area contributed by atoms with Crippen LogP contribution < -0.4 is 14.8 Å². The van der Waals surface area contributed by atoms with Crippen LogP contribution in [0.5, 0.6) is 11.5 Å². The van der Waals surface area contributed by atoms with Gasteiger partial charge in [-0.15, -0.1) is 0 Å². The van der Waals surface area contributed by atoms with Crippen LogP contribution in [0.1, 0.15) is 46.1 Å². The number of amides is 1. The minimum Gasteiger partial charge on any atom is -0.489 e. The van der Waals surface area contributed by atoms with Crippen LogP contribution >= 0.6 is 0 Å². The minimum absolute atomic E-state index is 0.0781. The maximum absolute atomic E-state index is 12.6. The van der Waals surface area contributed by atoms with Gasteiger partial charge >= 0.3 is 0 Å². The Bertz CT molecular complexity index is 804. The number of hydrogen-bond donors (Lipinski definition) is 1. The summed E-state index contributed by atoms with van der Waals surface area (Å²) < 4.78 is 17.3. The topological polar surface area (TPSA) is 56.8 Å². The molecule has 1 N–H and O–H groups in total. The Labute approximate surface area is 173 Å². The number of carbonyl (C=O) groups excluding carboxylic acids is 1. The van der Waals surface area contributed by atoms with Crippen LogP contribution in [0.25, 0.3) is 0 Å². The standard InChI is InChI=1S/C24H31NO4/c1-17(29-19-13-11-18(12-14-19)24(2,3)4)23(26)25-21-9-5-6-10-22(21)28-16-20-8-7-15-27-20/h5-6,9-14,17,20H,7-8,15-16H2,1-4H3,(H,25,26). The van der Waals surface area contributed by atoms with Gasteiger partial charge in [-0.2, -0.15) is 0 Å². The van der Waals surface area contributed by atoms with Crippen molar-refractivity contribution >= 4 is 11.6 Å². The molecule has 0 aliphatic carbocycles. The number of para-hydroxylation sites is 2. The van der Waals surface area contributed by atoms with Crippen molar-refractivity contribution in [2.45, 2.75) is 58.2 Å². The molecule has 5 nitrogen and oxygen atoms in total. The molecule has 2 aromatic rings. The lowest BCUT2D eigenvalue weighted by atomic mass is 9.87. The molecule has 0 spiro atoms. The Morgan fingerprint density at radius 1 is 1.17 bits per heavy atom. The molecule has 2 unspecified atom stereocenters. The normalized spacial score (nSPS) is 17.6. The van der Waals surface area contributed by atoms with E-state index in [0.29, 0.717) is 23.8 Å². The van der Waals surface area contributed by atoms with Crippen molar-refractivity contribution in [3.8, 4) is 11.5 Å². The molecule has 2 atom stereocenters. The van der Waals surface area contributed by atoms with Gasteiger partial charge in [0.15, 0.2) is 6.10 Å². The quantitative estimate of drug-likeness (QED) is 0.718. The van der Waals surface area contributed by atoms with E-state index in [1.165, 1.54) is 5.56 Å². The average molecular weight is 398 g/mol. The Morgan fingerprint density at radius 3 is 2.55 bits per heavy atom. The average Bonchev–Trinajstić information content (AvgIpc) is 3.20. The third kappa shape index (κ3) is 5.97. The lowest BCUT2D eigenvalue weighted by Crippen LogP contribution is -2.30. The molecule has 2 aromatic carbocycles. The van der Waals surface area contributed by atoms with Gasteiger partial charge in [-0.05, 0) is 55.0 Å². The van der Waals surface area contributed by atoms with Gasteiger partial charge in [0.1, 0.15) is 18.1 Å². The fraction of sp³-hybridized carbons (Fsp3) is 0.458. The first-order valence-electron chi connectivity index (χ1n) is 10.2. The molecule has 0 saturated carbocycles. The number of carbonyl (C=O) groups is 1. The smallest absolute Gasteiger partial charge is 0.265 e. The third-order valence-electron chi connectivity index (χ3n) is 5.00. The van der Waals surface area contributed by atoms with Crippen molar-refractivity contribution in [2.24, 2.45) is 0 Å². The van der Waals surface area contributed by atoms with Crippen molar-refractivity contribution in [2.75, 3.05) is 18.5 Å². The largest absolute Gasteiger partial charge is 0.489 e. The van der Waals surface area contributed by atoms with Gasteiger partial charge < -0.3 is 19.5 Å². The maximum atomic E-state index is 12.6. The van der Waals surface area contributed by atoms with Gasteiger partial charge in [0.25, 0.3) is 5.91 Å². The monoisotopic (exact) mass is 397 g/mol. The van der Waals surface area contributed by atoms with E-state index in [2.05, 4.69) is 26.1 Å². The summed E-state index contributed by atoms with van der Waals surface area (Å²) in [5.74, 6) is 1.08. The van der Waals surface area contributed by atoms with E-state index in [4.69, 9.17) is 14.2 Å². The van der Waals surface area contributed by atoms with Crippen LogP contribution in [0.2, 0.25) is 0 Å². The molecular formula is C24H31NO4. The van der Waals surface area contributed by atoms with E-state index in [0.717, 1.165) is 19.4 Å². The highest BCUT2D eigenvalue weighted by Crippen LogP contribution is 2.27. The number of nitrogens with one attached hydrogen (secondary N) is 1. The maximum Gasteiger partial charge on any atom is 0.265 e. The van der Waals surface area contributed by atoms with E-state index in [1.54, 1.807) is 6.92 Å². The van der Waals surface area contributed by atoms with Crippen molar-refractivity contribution in [3.63, 3.8) is 0 Å². The van der Waals surface area contributed by atoms with Gasteiger partial charge in [-0.25, -0.2) is 0 Å². The number of hydrogen-bond acceptors (Lipinski definition) is 4. The summed E-state index contributed by atoms with van der Waals surface area (Å²) in [6, 6.07) is 15.3. The SMILES string of the molecule is CC(Oc1ccc(C(C)(C)C)cc1)C(=O)Nc1ccccc1OCC1CCCO1. The van der Waals surface area contributed by atoms with Crippen molar-refractivity contribution in [1.82, 2.24) is 0 Å². The molecule has 5 heteroatoms. The van der Waals surface area contributed by atoms with Gasteiger partial charge in [-0.1, -0.05) is 45.0 Å². The molecule has 29 heavy (non-hydrogen) atoms. The molecule has 0 radical (unpaired) electrons. The molecule has 1 amide bonds. The molecule has 0 aromatic heterocycles. The highest BCUT2D eigenvalue weighted by Gasteiger charge is 2.20. The molecular weight excluding hydrogens is 366 g/mol. The first kappa shape index (κ1) is 21.2. The Morgan fingerprint density at radius 2 is 1.90 bits per heavy atom. The third-order valence-corrected chi connectivity index (χ3v) is 5.00. The Kier molecular flexibility index (Phi) is 6.80. The summed E-state index contributed by atoms with van der Waals surface area (Å²) >= 11 is 0. The predicted molar refractivity (Wildman–Crippen MR) is 115 cm³/mol. The summed E-state index contributed by atoms with van der Waals surface area (Å²) in [6.45, 7) is 9.51. The van der Waals surface area contributed by atoms with Gasteiger partial charge in [0.2, 0.25) is 0 Å². The van der Waals surface area contributed by atoms with Crippen molar-refractivity contribution in [1.29, 1.82) is 0 Å². The highest BCUT2D eigenvalue weighted by atomic mass is 16.5. The molecule has 1 fully saturated rings. The van der Waals surface area contributed by atoms with Gasteiger partial charge in [0.05, 0.1) is 11.8 Å². The van der Waals surface area contributed by atoms with Crippen molar-refractivity contribution < 1.29 is 19.0 Å². The number of rotatable bonds is 7.